The molecule has 0 radical (unpaired) electrons. The fraction of sp³-hybridized carbons (Fsp3) is 0.381. The number of halogens is 1. The van der Waals surface area contributed by atoms with Gasteiger partial charge < -0.3 is 15.0 Å². The summed E-state index contributed by atoms with van der Waals surface area (Å²) in [7, 11) is 1.50. The molecule has 11 heteroatoms. The number of methoxy groups -OCH3 is 1. The number of hydrogen-bond donors (Lipinski definition) is 2. The fourth-order valence-corrected chi connectivity index (χ4v) is 5.44. The van der Waals surface area contributed by atoms with Crippen molar-refractivity contribution in [3.05, 3.63) is 42.0 Å². The first-order valence-electron chi connectivity index (χ1n) is 10.3. The SMILES string of the molecule is COc1ncnc2sc(NC(=O)N3CCC4(CC3)C(=O)NC[C@H]4c3ccc(F)cc3)nc12. The van der Waals surface area contributed by atoms with Gasteiger partial charge in [-0.15, -0.1) is 0 Å². The summed E-state index contributed by atoms with van der Waals surface area (Å²) >= 11 is 1.24. The van der Waals surface area contributed by atoms with E-state index in [1.807, 2.05) is 0 Å². The molecule has 5 rings (SSSR count). The zero-order valence-electron chi connectivity index (χ0n) is 17.3. The number of hydrogen-bond acceptors (Lipinski definition) is 7. The maximum atomic E-state index is 13.4. The van der Waals surface area contributed by atoms with Crippen molar-refractivity contribution in [1.29, 1.82) is 0 Å². The number of anilines is 1. The largest absolute Gasteiger partial charge is 0.479 e. The summed E-state index contributed by atoms with van der Waals surface area (Å²) in [4.78, 5) is 40.5. The predicted octanol–water partition coefficient (Wildman–Crippen LogP) is 2.76. The Morgan fingerprint density at radius 3 is 2.75 bits per heavy atom. The molecule has 32 heavy (non-hydrogen) atoms. The molecule has 1 spiro atoms. The number of rotatable bonds is 3. The van der Waals surface area contributed by atoms with Crippen molar-refractivity contribution in [2.75, 3.05) is 32.1 Å². The normalized spacial score (nSPS) is 19.9. The number of aromatic nitrogens is 3. The van der Waals surface area contributed by atoms with E-state index in [2.05, 4.69) is 25.6 Å². The molecule has 9 nitrogen and oxygen atoms in total. The van der Waals surface area contributed by atoms with Gasteiger partial charge in [-0.3, -0.25) is 10.1 Å². The van der Waals surface area contributed by atoms with Gasteiger partial charge in [-0.05, 0) is 30.5 Å². The highest BCUT2D eigenvalue weighted by Crippen LogP contribution is 2.47. The number of likely N-dealkylation sites (tertiary alicyclic amines) is 1. The van der Waals surface area contributed by atoms with Gasteiger partial charge in [-0.1, -0.05) is 23.5 Å². The molecular weight excluding hydrogens is 435 g/mol. The zero-order chi connectivity index (χ0) is 22.3. The molecule has 166 valence electrons. The van der Waals surface area contributed by atoms with Gasteiger partial charge in [-0.2, -0.15) is 4.98 Å². The van der Waals surface area contributed by atoms with E-state index in [9.17, 15) is 14.0 Å². The minimum Gasteiger partial charge on any atom is -0.479 e. The van der Waals surface area contributed by atoms with E-state index in [1.54, 1.807) is 17.0 Å². The quantitative estimate of drug-likeness (QED) is 0.627. The molecule has 2 N–H and O–H groups in total. The molecule has 1 aromatic carbocycles. The number of nitrogens with one attached hydrogen (secondary N) is 2. The molecule has 2 aliphatic heterocycles. The lowest BCUT2D eigenvalue weighted by atomic mass is 9.68. The van der Waals surface area contributed by atoms with Crippen LogP contribution < -0.4 is 15.4 Å². The van der Waals surface area contributed by atoms with Gasteiger partial charge in [0.1, 0.15) is 12.1 Å². The van der Waals surface area contributed by atoms with Gasteiger partial charge in [0.2, 0.25) is 11.8 Å². The molecule has 2 aliphatic rings. The van der Waals surface area contributed by atoms with E-state index in [0.717, 1.165) is 5.56 Å². The zero-order valence-corrected chi connectivity index (χ0v) is 18.1. The van der Waals surface area contributed by atoms with E-state index in [1.165, 1.54) is 36.9 Å². The number of nitrogens with zero attached hydrogens (tertiary/aromatic N) is 4. The van der Waals surface area contributed by atoms with Crippen molar-refractivity contribution in [2.24, 2.45) is 5.41 Å². The molecule has 0 bridgehead atoms. The Morgan fingerprint density at radius 2 is 2.03 bits per heavy atom. The minimum atomic E-state index is -0.590. The van der Waals surface area contributed by atoms with Gasteiger partial charge in [0.25, 0.3) is 0 Å². The van der Waals surface area contributed by atoms with Crippen molar-refractivity contribution in [3.8, 4) is 5.88 Å². The first-order valence-corrected chi connectivity index (χ1v) is 11.1. The first kappa shape index (κ1) is 20.6. The highest BCUT2D eigenvalue weighted by atomic mass is 32.1. The number of ether oxygens (including phenoxy) is 1. The van der Waals surface area contributed by atoms with Crippen LogP contribution in [-0.2, 0) is 4.79 Å². The molecule has 4 heterocycles. The Hall–Kier alpha value is -3.34. The second-order valence-corrected chi connectivity index (χ2v) is 8.92. The average molecular weight is 457 g/mol. The van der Waals surface area contributed by atoms with Crippen LogP contribution in [0.3, 0.4) is 0 Å². The van der Waals surface area contributed by atoms with E-state index >= 15 is 0 Å². The number of benzene rings is 1. The molecule has 0 saturated carbocycles. The van der Waals surface area contributed by atoms with Crippen LogP contribution in [-0.4, -0.2) is 58.5 Å². The minimum absolute atomic E-state index is 0.00345. The van der Waals surface area contributed by atoms with E-state index in [4.69, 9.17) is 4.74 Å². The number of thiazole rings is 1. The molecule has 2 saturated heterocycles. The van der Waals surface area contributed by atoms with Gasteiger partial charge in [0.05, 0.1) is 12.5 Å². The molecule has 3 aromatic rings. The van der Waals surface area contributed by atoms with Crippen LogP contribution in [0.25, 0.3) is 10.3 Å². The summed E-state index contributed by atoms with van der Waals surface area (Å²) in [5, 5.41) is 6.20. The number of fused-ring (bicyclic) bond motifs is 1. The van der Waals surface area contributed by atoms with Crippen LogP contribution in [0.1, 0.15) is 24.3 Å². The predicted molar refractivity (Wildman–Crippen MR) is 116 cm³/mol. The summed E-state index contributed by atoms with van der Waals surface area (Å²) in [6, 6.07) is 6.05. The molecule has 2 aromatic heterocycles. The maximum Gasteiger partial charge on any atom is 0.323 e. The monoisotopic (exact) mass is 456 g/mol. The van der Waals surface area contributed by atoms with Crippen LogP contribution in [0.4, 0.5) is 14.3 Å². The average Bonchev–Trinajstić information content (AvgIpc) is 3.35. The number of carbonyl (C=O) groups excluding carboxylic acids is 2. The third kappa shape index (κ3) is 3.42. The van der Waals surface area contributed by atoms with Crippen LogP contribution >= 0.6 is 11.3 Å². The van der Waals surface area contributed by atoms with Crippen LogP contribution in [0.5, 0.6) is 5.88 Å². The van der Waals surface area contributed by atoms with Crippen molar-refractivity contribution >= 4 is 38.8 Å². The summed E-state index contributed by atoms with van der Waals surface area (Å²) < 4.78 is 18.6. The standard InChI is InChI=1S/C21H21FN6O3S/c1-31-16-15-17(25-11-24-16)32-19(26-15)27-20(30)28-8-6-21(7-9-28)14(10-23-18(21)29)12-2-4-13(22)5-3-12/h2-5,11,14H,6-10H2,1H3,(H,23,29)(H,26,27,30)/t14-/m0/s1. The van der Waals surface area contributed by atoms with E-state index in [-0.39, 0.29) is 23.7 Å². The number of urea groups is 1. The lowest BCUT2D eigenvalue weighted by molar-refractivity contribution is -0.130. The Morgan fingerprint density at radius 1 is 1.28 bits per heavy atom. The van der Waals surface area contributed by atoms with Gasteiger partial charge in [0.15, 0.2) is 15.5 Å². The fourth-order valence-electron chi connectivity index (χ4n) is 4.65. The summed E-state index contributed by atoms with van der Waals surface area (Å²) in [5.74, 6) is 0.00982. The van der Waals surface area contributed by atoms with E-state index in [0.29, 0.717) is 53.8 Å². The highest BCUT2D eigenvalue weighted by molar-refractivity contribution is 7.22. The van der Waals surface area contributed by atoms with Crippen LogP contribution in [0, 0.1) is 11.2 Å². The van der Waals surface area contributed by atoms with Gasteiger partial charge >= 0.3 is 6.03 Å². The number of piperidine rings is 1. The van der Waals surface area contributed by atoms with Gasteiger partial charge in [0, 0.05) is 25.6 Å². The lowest BCUT2D eigenvalue weighted by Gasteiger charge is -2.40. The summed E-state index contributed by atoms with van der Waals surface area (Å²) in [5.41, 5.74) is 0.845. The second-order valence-electron chi connectivity index (χ2n) is 7.94. The smallest absolute Gasteiger partial charge is 0.323 e. The van der Waals surface area contributed by atoms with Crippen molar-refractivity contribution in [1.82, 2.24) is 25.2 Å². The lowest BCUT2D eigenvalue weighted by Crippen LogP contribution is -2.49. The van der Waals surface area contributed by atoms with Gasteiger partial charge in [-0.25, -0.2) is 19.2 Å². The maximum absolute atomic E-state index is 13.4. The van der Waals surface area contributed by atoms with Crippen molar-refractivity contribution in [2.45, 2.75) is 18.8 Å². The summed E-state index contributed by atoms with van der Waals surface area (Å²) in [6.45, 7) is 1.39. The number of amides is 3. The third-order valence-electron chi connectivity index (χ3n) is 6.37. The van der Waals surface area contributed by atoms with Crippen molar-refractivity contribution < 1.29 is 18.7 Å². The summed E-state index contributed by atoms with van der Waals surface area (Å²) in [6.07, 6.45) is 2.46. The molecule has 1 atom stereocenters. The molecule has 2 fully saturated rings. The second kappa shape index (κ2) is 7.97. The molecular formula is C21H21FN6O3S. The van der Waals surface area contributed by atoms with Crippen molar-refractivity contribution in [3.63, 3.8) is 0 Å². The molecule has 0 aliphatic carbocycles. The Kier molecular flexibility index (Phi) is 5.12. The molecule has 3 amide bonds. The first-order chi connectivity index (χ1) is 15.5. The highest BCUT2D eigenvalue weighted by Gasteiger charge is 2.52. The molecule has 0 unspecified atom stereocenters. The number of carbonyl (C=O) groups is 2. The van der Waals surface area contributed by atoms with Crippen LogP contribution in [0.15, 0.2) is 30.6 Å². The third-order valence-corrected chi connectivity index (χ3v) is 7.25. The van der Waals surface area contributed by atoms with Crippen LogP contribution in [0.2, 0.25) is 0 Å². The topological polar surface area (TPSA) is 109 Å². The Bertz CT molecular complexity index is 1180. The Balaban J connectivity index is 1.29. The van der Waals surface area contributed by atoms with E-state index < -0.39 is 5.41 Å². The Labute approximate surface area is 187 Å².